The highest BCUT2D eigenvalue weighted by Gasteiger charge is 2.10. The van der Waals surface area contributed by atoms with Crippen LogP contribution < -0.4 is 5.56 Å². The second-order valence-electron chi connectivity index (χ2n) is 3.40. The summed E-state index contributed by atoms with van der Waals surface area (Å²) < 4.78 is 0. The van der Waals surface area contributed by atoms with Crippen LogP contribution in [0.25, 0.3) is 11.4 Å². The summed E-state index contributed by atoms with van der Waals surface area (Å²) in [5.74, 6) is -1.29. The second kappa shape index (κ2) is 4.80. The number of carboxylic acid groups (broad SMARTS) is 1. The Balaban J connectivity index is 2.52. The van der Waals surface area contributed by atoms with E-state index in [2.05, 4.69) is 9.97 Å². The lowest BCUT2D eigenvalue weighted by Crippen LogP contribution is -2.17. The van der Waals surface area contributed by atoms with Gasteiger partial charge in [-0.15, -0.1) is 0 Å². The van der Waals surface area contributed by atoms with Gasteiger partial charge in [0.15, 0.2) is 0 Å². The maximum atomic E-state index is 11.5. The number of carboxylic acids is 1. The molecule has 0 aliphatic rings. The molecule has 0 bridgehead atoms. The topological polar surface area (TPSA) is 83.0 Å². The van der Waals surface area contributed by atoms with Gasteiger partial charge in [0.05, 0.1) is 21.4 Å². The minimum absolute atomic E-state index is 0.296. The summed E-state index contributed by atoms with van der Waals surface area (Å²) in [6.45, 7) is 0. The molecule has 0 fully saturated rings. The maximum absolute atomic E-state index is 11.5. The minimum atomic E-state index is -1.29. The van der Waals surface area contributed by atoms with Crippen LogP contribution in [0.4, 0.5) is 0 Å². The Kier molecular flexibility index (Phi) is 3.36. The molecule has 0 atom stereocenters. The number of aromatic nitrogens is 2. The van der Waals surface area contributed by atoms with E-state index in [1.807, 2.05) is 0 Å². The van der Waals surface area contributed by atoms with E-state index < -0.39 is 11.5 Å². The van der Waals surface area contributed by atoms with E-state index in [0.29, 0.717) is 21.4 Å². The van der Waals surface area contributed by atoms with Crippen LogP contribution in [0.2, 0.25) is 10.0 Å². The molecule has 2 N–H and O–H groups in total. The summed E-state index contributed by atoms with van der Waals surface area (Å²) in [6, 6.07) is 4.13. The highest BCUT2D eigenvalue weighted by Crippen LogP contribution is 2.24. The largest absolute Gasteiger partial charge is 0.477 e. The molecule has 0 aliphatic carbocycles. The van der Waals surface area contributed by atoms with Crippen molar-refractivity contribution < 1.29 is 9.90 Å². The van der Waals surface area contributed by atoms with Gasteiger partial charge in [-0.05, 0) is 18.2 Å². The van der Waals surface area contributed by atoms with Crippen LogP contribution in [0.3, 0.4) is 0 Å². The highest BCUT2D eigenvalue weighted by atomic mass is 35.5. The van der Waals surface area contributed by atoms with Gasteiger partial charge >= 0.3 is 5.97 Å². The van der Waals surface area contributed by atoms with Crippen LogP contribution in [-0.4, -0.2) is 21.0 Å². The SMILES string of the molecule is O=C(O)c1ccc(-c2cc(Cl)c(Cl)cn2)[nH]c1=O. The number of nitrogens with zero attached hydrogens (tertiary/aromatic N) is 1. The molecule has 0 saturated heterocycles. The molecule has 7 heteroatoms. The molecule has 0 aromatic carbocycles. The zero-order valence-corrected chi connectivity index (χ0v) is 10.3. The average molecular weight is 285 g/mol. The molecule has 2 heterocycles. The molecular formula is C11H6Cl2N2O3. The number of aromatic amines is 1. The average Bonchev–Trinajstić information content (AvgIpc) is 2.32. The number of carbonyl (C=O) groups is 1. The third kappa shape index (κ3) is 2.37. The number of hydrogen-bond donors (Lipinski definition) is 2. The first-order valence-corrected chi connectivity index (χ1v) is 5.52. The lowest BCUT2D eigenvalue weighted by atomic mass is 10.2. The summed E-state index contributed by atoms with van der Waals surface area (Å²) in [5.41, 5.74) is -0.270. The normalized spacial score (nSPS) is 10.3. The first-order valence-electron chi connectivity index (χ1n) is 4.77. The first-order chi connectivity index (χ1) is 8.49. The molecule has 2 rings (SSSR count). The summed E-state index contributed by atoms with van der Waals surface area (Å²) in [7, 11) is 0. The Hall–Kier alpha value is -1.85. The van der Waals surface area contributed by atoms with Gasteiger partial charge in [0.1, 0.15) is 5.56 Å². The molecule has 92 valence electrons. The molecule has 0 amide bonds. The number of pyridine rings is 2. The van der Waals surface area contributed by atoms with Crippen LogP contribution in [0.1, 0.15) is 10.4 Å². The second-order valence-corrected chi connectivity index (χ2v) is 4.22. The summed E-state index contributed by atoms with van der Waals surface area (Å²) in [4.78, 5) is 28.6. The van der Waals surface area contributed by atoms with E-state index in [1.54, 1.807) is 0 Å². The van der Waals surface area contributed by atoms with E-state index in [4.69, 9.17) is 28.3 Å². The van der Waals surface area contributed by atoms with Gasteiger partial charge in [0.25, 0.3) is 5.56 Å². The third-order valence-corrected chi connectivity index (χ3v) is 2.94. The Morgan fingerprint density at radius 2 is 2.00 bits per heavy atom. The van der Waals surface area contributed by atoms with Gasteiger partial charge in [-0.1, -0.05) is 23.2 Å². The van der Waals surface area contributed by atoms with Crippen molar-refractivity contribution in [1.29, 1.82) is 0 Å². The molecule has 18 heavy (non-hydrogen) atoms. The van der Waals surface area contributed by atoms with E-state index in [9.17, 15) is 9.59 Å². The molecule has 0 unspecified atom stereocenters. The van der Waals surface area contributed by atoms with Crippen LogP contribution >= 0.6 is 23.2 Å². The Morgan fingerprint density at radius 3 is 2.56 bits per heavy atom. The molecule has 2 aromatic heterocycles. The number of aromatic carboxylic acids is 1. The molecule has 0 saturated carbocycles. The fourth-order valence-corrected chi connectivity index (χ4v) is 1.61. The Labute approximate surface area is 111 Å². The molecule has 5 nitrogen and oxygen atoms in total. The van der Waals surface area contributed by atoms with Gasteiger partial charge in [-0.25, -0.2) is 4.79 Å². The van der Waals surface area contributed by atoms with Crippen molar-refractivity contribution in [2.75, 3.05) is 0 Å². The standard InChI is InChI=1S/C11H6Cl2N2O3/c12-6-3-9(14-4-7(6)13)8-2-1-5(11(17)18)10(16)15-8/h1-4H,(H,15,16)(H,17,18). The number of halogens is 2. The smallest absolute Gasteiger partial charge is 0.341 e. The summed E-state index contributed by atoms with van der Waals surface area (Å²) >= 11 is 11.5. The van der Waals surface area contributed by atoms with Crippen molar-refractivity contribution >= 4 is 29.2 Å². The van der Waals surface area contributed by atoms with Crippen LogP contribution in [-0.2, 0) is 0 Å². The van der Waals surface area contributed by atoms with Gasteiger partial charge in [-0.2, -0.15) is 0 Å². The lowest BCUT2D eigenvalue weighted by molar-refractivity contribution is 0.0695. The summed E-state index contributed by atoms with van der Waals surface area (Å²) in [5, 5.41) is 9.33. The molecule has 0 radical (unpaired) electrons. The minimum Gasteiger partial charge on any atom is -0.477 e. The predicted octanol–water partition coefficient (Wildman–Crippen LogP) is 2.44. The molecule has 2 aromatic rings. The maximum Gasteiger partial charge on any atom is 0.341 e. The van der Waals surface area contributed by atoms with E-state index in [0.717, 1.165) is 0 Å². The zero-order chi connectivity index (χ0) is 13.3. The zero-order valence-electron chi connectivity index (χ0n) is 8.78. The first kappa shape index (κ1) is 12.6. The van der Waals surface area contributed by atoms with E-state index in [-0.39, 0.29) is 5.56 Å². The van der Waals surface area contributed by atoms with E-state index in [1.165, 1.54) is 24.4 Å². The fraction of sp³-hybridized carbons (Fsp3) is 0. The Bertz CT molecular complexity index is 682. The molecule has 0 spiro atoms. The molecular weight excluding hydrogens is 279 g/mol. The van der Waals surface area contributed by atoms with Crippen molar-refractivity contribution in [2.24, 2.45) is 0 Å². The Morgan fingerprint density at radius 1 is 1.28 bits per heavy atom. The number of rotatable bonds is 2. The summed E-state index contributed by atoms with van der Waals surface area (Å²) in [6.07, 6.45) is 1.35. The number of nitrogens with one attached hydrogen (secondary N) is 1. The number of hydrogen-bond acceptors (Lipinski definition) is 3. The van der Waals surface area contributed by atoms with Crippen molar-refractivity contribution in [1.82, 2.24) is 9.97 Å². The lowest BCUT2D eigenvalue weighted by Gasteiger charge is -2.03. The van der Waals surface area contributed by atoms with Crippen LogP contribution in [0.15, 0.2) is 29.2 Å². The van der Waals surface area contributed by atoms with Gasteiger partial charge < -0.3 is 10.1 Å². The molecule has 0 aliphatic heterocycles. The fourth-order valence-electron chi connectivity index (χ4n) is 1.35. The monoisotopic (exact) mass is 284 g/mol. The van der Waals surface area contributed by atoms with Gasteiger partial charge in [0, 0.05) is 6.20 Å². The third-order valence-electron chi connectivity index (χ3n) is 2.22. The van der Waals surface area contributed by atoms with Crippen molar-refractivity contribution in [3.63, 3.8) is 0 Å². The van der Waals surface area contributed by atoms with Gasteiger partial charge in [0.2, 0.25) is 0 Å². The highest BCUT2D eigenvalue weighted by molar-refractivity contribution is 6.42. The van der Waals surface area contributed by atoms with Crippen molar-refractivity contribution in [2.45, 2.75) is 0 Å². The van der Waals surface area contributed by atoms with Gasteiger partial charge in [-0.3, -0.25) is 9.78 Å². The van der Waals surface area contributed by atoms with E-state index >= 15 is 0 Å². The predicted molar refractivity (Wildman–Crippen MR) is 67.3 cm³/mol. The van der Waals surface area contributed by atoms with Crippen molar-refractivity contribution in [3.8, 4) is 11.4 Å². The van der Waals surface area contributed by atoms with Crippen LogP contribution in [0, 0.1) is 0 Å². The van der Waals surface area contributed by atoms with Crippen LogP contribution in [0.5, 0.6) is 0 Å². The van der Waals surface area contributed by atoms with Crippen molar-refractivity contribution in [3.05, 3.63) is 50.4 Å². The quantitative estimate of drug-likeness (QED) is 0.887. The number of H-pyrrole nitrogens is 1.